The fourth-order valence-electron chi connectivity index (χ4n) is 1.22. The zero-order chi connectivity index (χ0) is 12.4. The Balaban J connectivity index is 2.42. The molecule has 0 radical (unpaired) electrons. The molecule has 0 spiro atoms. The van der Waals surface area contributed by atoms with Gasteiger partial charge in [0.15, 0.2) is 11.6 Å². The Hall–Kier alpha value is -2.02. The molecule has 0 aliphatic heterocycles. The van der Waals surface area contributed by atoms with Crippen molar-refractivity contribution in [2.75, 3.05) is 0 Å². The summed E-state index contributed by atoms with van der Waals surface area (Å²) in [4.78, 5) is 14.4. The molecule has 0 bridgehead atoms. The number of ether oxygens (including phenoxy) is 1. The van der Waals surface area contributed by atoms with Gasteiger partial charge in [-0.15, -0.1) is 11.3 Å². The first-order chi connectivity index (χ1) is 8.08. The minimum absolute atomic E-state index is 0.145. The maximum Gasteiger partial charge on any atom is 0.512 e. The van der Waals surface area contributed by atoms with Gasteiger partial charge in [0.25, 0.3) is 0 Å². The van der Waals surface area contributed by atoms with Gasteiger partial charge in [-0.3, -0.25) is 0 Å². The highest BCUT2D eigenvalue weighted by Crippen LogP contribution is 2.33. The van der Waals surface area contributed by atoms with Gasteiger partial charge >= 0.3 is 6.16 Å². The monoisotopic (exact) mass is 257 g/mol. The van der Waals surface area contributed by atoms with E-state index in [1.807, 2.05) is 0 Å². The van der Waals surface area contributed by atoms with Gasteiger partial charge in [-0.1, -0.05) is 6.07 Å². The Labute approximate surface area is 98.1 Å². The van der Waals surface area contributed by atoms with E-state index in [0.717, 1.165) is 23.5 Å². The number of nitrogens with zero attached hydrogens (tertiary/aromatic N) is 1. The van der Waals surface area contributed by atoms with Crippen LogP contribution in [-0.4, -0.2) is 16.2 Å². The van der Waals surface area contributed by atoms with E-state index >= 15 is 0 Å². The van der Waals surface area contributed by atoms with Gasteiger partial charge in [0.2, 0.25) is 5.88 Å². The van der Waals surface area contributed by atoms with Gasteiger partial charge in [-0.05, 0) is 12.1 Å². The number of hydrogen-bond donors (Lipinski definition) is 1. The standard InChI is InChI=1S/C10H5F2NO3S/c11-6-2-1-5(3-7(6)12)8-9(13-4-17-8)16-10(14)15/h1-4H,(H,14,15). The van der Waals surface area contributed by atoms with Crippen LogP contribution in [0.4, 0.5) is 13.6 Å². The number of hydrogen-bond acceptors (Lipinski definition) is 4. The third-order valence-corrected chi connectivity index (χ3v) is 2.76. The predicted octanol–water partition coefficient (Wildman–Crippen LogP) is 3.15. The number of aromatic nitrogens is 1. The fourth-order valence-corrected chi connectivity index (χ4v) is 1.93. The van der Waals surface area contributed by atoms with Crippen LogP contribution in [0.1, 0.15) is 0 Å². The molecule has 0 amide bonds. The Morgan fingerprint density at radius 2 is 2.12 bits per heavy atom. The average Bonchev–Trinajstić information content (AvgIpc) is 2.69. The molecule has 1 aromatic carbocycles. The second-order valence-corrected chi connectivity index (χ2v) is 3.84. The molecule has 0 aliphatic carbocycles. The number of halogens is 2. The molecule has 17 heavy (non-hydrogen) atoms. The maximum absolute atomic E-state index is 13.0. The van der Waals surface area contributed by atoms with E-state index in [4.69, 9.17) is 5.11 Å². The molecule has 2 aromatic rings. The summed E-state index contributed by atoms with van der Waals surface area (Å²) in [7, 11) is 0. The van der Waals surface area contributed by atoms with Crippen molar-refractivity contribution in [1.82, 2.24) is 4.98 Å². The molecule has 0 atom stereocenters. The van der Waals surface area contributed by atoms with Gasteiger partial charge < -0.3 is 9.84 Å². The summed E-state index contributed by atoms with van der Waals surface area (Å²) in [5, 5.41) is 8.46. The van der Waals surface area contributed by atoms with Crippen LogP contribution in [0.2, 0.25) is 0 Å². The molecule has 1 N–H and O–H groups in total. The van der Waals surface area contributed by atoms with Gasteiger partial charge in [0.1, 0.15) is 0 Å². The molecule has 0 saturated carbocycles. The van der Waals surface area contributed by atoms with Crippen LogP contribution >= 0.6 is 11.3 Å². The Bertz CT molecular complexity index is 570. The van der Waals surface area contributed by atoms with Crippen LogP contribution in [0.25, 0.3) is 10.4 Å². The van der Waals surface area contributed by atoms with Crippen LogP contribution in [0.15, 0.2) is 23.7 Å². The third-order valence-electron chi connectivity index (χ3n) is 1.90. The van der Waals surface area contributed by atoms with Gasteiger partial charge in [0.05, 0.1) is 10.4 Å². The molecule has 1 aromatic heterocycles. The highest BCUT2D eigenvalue weighted by atomic mass is 32.1. The van der Waals surface area contributed by atoms with Crippen molar-refractivity contribution in [2.24, 2.45) is 0 Å². The molecule has 0 unspecified atom stereocenters. The SMILES string of the molecule is O=C(O)Oc1ncsc1-c1ccc(F)c(F)c1. The zero-order valence-corrected chi connectivity index (χ0v) is 9.00. The van der Waals surface area contributed by atoms with Crippen LogP contribution in [0.5, 0.6) is 5.88 Å². The smallest absolute Gasteiger partial charge is 0.449 e. The second-order valence-electron chi connectivity index (χ2n) is 2.98. The lowest BCUT2D eigenvalue weighted by molar-refractivity contribution is 0.143. The van der Waals surface area contributed by atoms with Crippen LogP contribution < -0.4 is 4.74 Å². The Morgan fingerprint density at radius 3 is 2.76 bits per heavy atom. The molecule has 0 fully saturated rings. The van der Waals surface area contributed by atoms with Crippen molar-refractivity contribution >= 4 is 17.5 Å². The summed E-state index contributed by atoms with van der Waals surface area (Å²) >= 11 is 1.07. The molecular formula is C10H5F2NO3S. The summed E-state index contributed by atoms with van der Waals surface area (Å²) in [6, 6.07) is 3.23. The van der Waals surface area contributed by atoms with E-state index < -0.39 is 17.8 Å². The number of benzene rings is 1. The van der Waals surface area contributed by atoms with E-state index in [2.05, 4.69) is 9.72 Å². The number of carbonyl (C=O) groups is 1. The first kappa shape index (κ1) is 11.5. The first-order valence-corrected chi connectivity index (χ1v) is 5.25. The summed E-state index contributed by atoms with van der Waals surface area (Å²) < 4.78 is 30.2. The largest absolute Gasteiger partial charge is 0.512 e. The van der Waals surface area contributed by atoms with E-state index in [1.54, 1.807) is 0 Å². The Morgan fingerprint density at radius 1 is 1.35 bits per heavy atom. The van der Waals surface area contributed by atoms with Crippen molar-refractivity contribution in [2.45, 2.75) is 0 Å². The second kappa shape index (κ2) is 4.46. The quantitative estimate of drug-likeness (QED) is 0.839. The number of carboxylic acid groups (broad SMARTS) is 1. The maximum atomic E-state index is 13.0. The predicted molar refractivity (Wildman–Crippen MR) is 56.1 cm³/mol. The highest BCUT2D eigenvalue weighted by Gasteiger charge is 2.14. The summed E-state index contributed by atoms with van der Waals surface area (Å²) in [5.74, 6) is -2.13. The molecule has 0 aliphatic rings. The average molecular weight is 257 g/mol. The zero-order valence-electron chi connectivity index (χ0n) is 8.18. The molecule has 4 nitrogen and oxygen atoms in total. The van der Waals surface area contributed by atoms with E-state index in [1.165, 1.54) is 11.6 Å². The topological polar surface area (TPSA) is 59.4 Å². The van der Waals surface area contributed by atoms with Gasteiger partial charge in [0, 0.05) is 5.56 Å². The normalized spacial score (nSPS) is 10.2. The lowest BCUT2D eigenvalue weighted by Gasteiger charge is -2.01. The van der Waals surface area contributed by atoms with Gasteiger partial charge in [-0.25, -0.2) is 18.6 Å². The third kappa shape index (κ3) is 2.39. The van der Waals surface area contributed by atoms with Crippen LogP contribution in [-0.2, 0) is 0 Å². The van der Waals surface area contributed by atoms with Crippen molar-refractivity contribution in [3.05, 3.63) is 35.3 Å². The molecule has 2 rings (SSSR count). The van der Waals surface area contributed by atoms with Crippen molar-refractivity contribution in [3.8, 4) is 16.3 Å². The Kier molecular flexibility index (Phi) is 3.01. The van der Waals surface area contributed by atoms with E-state index in [-0.39, 0.29) is 5.88 Å². The minimum atomic E-state index is -1.51. The summed E-state index contributed by atoms with van der Waals surface area (Å²) in [5.41, 5.74) is 1.66. The number of thiazole rings is 1. The van der Waals surface area contributed by atoms with Crippen molar-refractivity contribution in [1.29, 1.82) is 0 Å². The van der Waals surface area contributed by atoms with Crippen molar-refractivity contribution in [3.63, 3.8) is 0 Å². The highest BCUT2D eigenvalue weighted by molar-refractivity contribution is 7.13. The fraction of sp³-hybridized carbons (Fsp3) is 0. The summed E-state index contributed by atoms with van der Waals surface area (Å²) in [6.07, 6.45) is -1.51. The number of rotatable bonds is 2. The van der Waals surface area contributed by atoms with E-state index in [0.29, 0.717) is 10.4 Å². The van der Waals surface area contributed by atoms with Crippen LogP contribution in [0, 0.1) is 11.6 Å². The molecule has 1 heterocycles. The summed E-state index contributed by atoms with van der Waals surface area (Å²) in [6.45, 7) is 0. The molecular weight excluding hydrogens is 252 g/mol. The lowest BCUT2D eigenvalue weighted by Crippen LogP contribution is -2.03. The van der Waals surface area contributed by atoms with Gasteiger partial charge in [-0.2, -0.15) is 0 Å². The minimum Gasteiger partial charge on any atom is -0.449 e. The van der Waals surface area contributed by atoms with Crippen LogP contribution in [0.3, 0.4) is 0 Å². The van der Waals surface area contributed by atoms with E-state index in [9.17, 15) is 13.6 Å². The first-order valence-electron chi connectivity index (χ1n) is 4.37. The molecule has 7 heteroatoms. The van der Waals surface area contributed by atoms with Crippen molar-refractivity contribution < 1.29 is 23.4 Å². The lowest BCUT2D eigenvalue weighted by atomic mass is 10.2. The molecule has 0 saturated heterocycles. The molecule has 88 valence electrons.